The molecule has 3 fully saturated rings. The summed E-state index contributed by atoms with van der Waals surface area (Å²) in [7, 11) is 0. The van der Waals surface area contributed by atoms with Gasteiger partial charge in [0.2, 0.25) is 11.8 Å². The Morgan fingerprint density at radius 1 is 0.889 bits per heavy atom. The average molecular weight is 492 g/mol. The molecular formula is C29H34FN3O3. The lowest BCUT2D eigenvalue weighted by Gasteiger charge is -2.46. The maximum Gasteiger partial charge on any atom is 0.331 e. The molecular weight excluding hydrogens is 457 g/mol. The van der Waals surface area contributed by atoms with E-state index in [0.29, 0.717) is 11.3 Å². The van der Waals surface area contributed by atoms with Crippen molar-refractivity contribution >= 4 is 23.5 Å². The molecule has 1 N–H and O–H groups in total. The molecule has 1 aliphatic heterocycles. The Labute approximate surface area is 211 Å². The van der Waals surface area contributed by atoms with Crippen LogP contribution in [0.5, 0.6) is 0 Å². The van der Waals surface area contributed by atoms with Crippen LogP contribution in [0.3, 0.4) is 0 Å². The summed E-state index contributed by atoms with van der Waals surface area (Å²) in [5.74, 6) is -0.820. The number of carbonyl (C=O) groups is 3. The number of benzene rings is 2. The molecule has 5 rings (SSSR count). The van der Waals surface area contributed by atoms with Gasteiger partial charge in [-0.05, 0) is 49.4 Å². The van der Waals surface area contributed by atoms with Crippen LogP contribution in [-0.2, 0) is 22.6 Å². The number of rotatable bonds is 6. The van der Waals surface area contributed by atoms with Gasteiger partial charge in [-0.2, -0.15) is 0 Å². The van der Waals surface area contributed by atoms with E-state index >= 15 is 0 Å². The third kappa shape index (κ3) is 5.15. The van der Waals surface area contributed by atoms with Crippen molar-refractivity contribution < 1.29 is 18.8 Å². The van der Waals surface area contributed by atoms with Gasteiger partial charge in [0.05, 0.1) is 24.6 Å². The summed E-state index contributed by atoms with van der Waals surface area (Å²) < 4.78 is 14.4. The lowest BCUT2D eigenvalue weighted by atomic mass is 9.81. The Hall–Kier alpha value is -3.22. The number of nitrogens with zero attached hydrogens (tertiary/aromatic N) is 2. The van der Waals surface area contributed by atoms with Gasteiger partial charge in [-0.3, -0.25) is 9.59 Å². The Morgan fingerprint density at radius 2 is 1.58 bits per heavy atom. The lowest BCUT2D eigenvalue weighted by molar-refractivity contribution is -0.127. The molecule has 1 heterocycles. The summed E-state index contributed by atoms with van der Waals surface area (Å²) in [4.78, 5) is 42.5. The second kappa shape index (κ2) is 10.8. The molecule has 3 aliphatic rings. The summed E-state index contributed by atoms with van der Waals surface area (Å²) in [6.07, 6.45) is 9.26. The Kier molecular flexibility index (Phi) is 7.35. The summed E-state index contributed by atoms with van der Waals surface area (Å²) in [6.45, 7) is 0.135. The summed E-state index contributed by atoms with van der Waals surface area (Å²) in [5, 5.41) is 3.13. The first kappa shape index (κ1) is 24.5. The van der Waals surface area contributed by atoms with Gasteiger partial charge in [-0.1, -0.05) is 62.4 Å². The second-order valence-corrected chi connectivity index (χ2v) is 10.4. The molecule has 1 saturated heterocycles. The minimum absolute atomic E-state index is 0.000820. The third-order valence-electron chi connectivity index (χ3n) is 7.93. The Balaban J connectivity index is 1.33. The molecule has 4 amide bonds. The topological polar surface area (TPSA) is 69.7 Å². The molecule has 0 aromatic heterocycles. The number of hydrogen-bond donors (Lipinski definition) is 1. The minimum Gasteiger partial charge on any atom is -0.353 e. The fraction of sp³-hybridized carbons (Fsp3) is 0.483. The normalized spacial score (nSPS) is 22.9. The van der Waals surface area contributed by atoms with Gasteiger partial charge in [0.15, 0.2) is 0 Å². The highest BCUT2D eigenvalue weighted by Gasteiger charge is 2.47. The van der Waals surface area contributed by atoms with E-state index in [0.717, 1.165) is 56.9 Å². The van der Waals surface area contributed by atoms with Crippen LogP contribution >= 0.6 is 0 Å². The van der Waals surface area contributed by atoms with Crippen LogP contribution in [0, 0.1) is 11.7 Å². The quantitative estimate of drug-likeness (QED) is 0.593. The van der Waals surface area contributed by atoms with Gasteiger partial charge in [-0.25, -0.2) is 14.1 Å². The molecule has 2 aromatic rings. The largest absolute Gasteiger partial charge is 0.353 e. The molecule has 190 valence electrons. The Bertz CT molecular complexity index is 1110. The van der Waals surface area contributed by atoms with Crippen molar-refractivity contribution in [2.75, 3.05) is 4.90 Å². The van der Waals surface area contributed by atoms with Crippen molar-refractivity contribution in [3.8, 4) is 0 Å². The number of hydrogen-bond acceptors (Lipinski definition) is 3. The maximum absolute atomic E-state index is 14.4. The van der Waals surface area contributed by atoms with Crippen LogP contribution in [0.15, 0.2) is 48.5 Å². The predicted molar refractivity (Wildman–Crippen MR) is 136 cm³/mol. The Morgan fingerprint density at radius 3 is 2.33 bits per heavy atom. The monoisotopic (exact) mass is 491 g/mol. The van der Waals surface area contributed by atoms with E-state index < -0.39 is 6.03 Å². The minimum atomic E-state index is -0.408. The zero-order valence-corrected chi connectivity index (χ0v) is 20.6. The van der Waals surface area contributed by atoms with Crippen molar-refractivity contribution in [2.24, 2.45) is 5.92 Å². The van der Waals surface area contributed by atoms with E-state index in [1.54, 1.807) is 35.2 Å². The van der Waals surface area contributed by atoms with Crippen LogP contribution in [-0.4, -0.2) is 34.8 Å². The highest BCUT2D eigenvalue weighted by molar-refractivity contribution is 6.17. The molecule has 7 heteroatoms. The van der Waals surface area contributed by atoms with E-state index in [1.165, 1.54) is 17.4 Å². The number of anilines is 1. The fourth-order valence-corrected chi connectivity index (χ4v) is 6.01. The van der Waals surface area contributed by atoms with Crippen molar-refractivity contribution in [1.29, 1.82) is 0 Å². The predicted octanol–water partition coefficient (Wildman–Crippen LogP) is 5.34. The molecule has 2 aliphatic carbocycles. The smallest absolute Gasteiger partial charge is 0.331 e. The van der Waals surface area contributed by atoms with Gasteiger partial charge in [0.1, 0.15) is 5.82 Å². The van der Waals surface area contributed by atoms with E-state index in [9.17, 15) is 18.8 Å². The molecule has 0 bridgehead atoms. The number of amides is 4. The third-order valence-corrected chi connectivity index (χ3v) is 7.93. The number of nitrogens with one attached hydrogen (secondary N) is 1. The van der Waals surface area contributed by atoms with E-state index in [1.807, 2.05) is 12.1 Å². The SMILES string of the molecule is O=C(Cc1ccc(N2C(=O)C3CCCCC3N(Cc3ccccc3F)C2=O)cc1)NC1CCCCC1. The highest BCUT2D eigenvalue weighted by Crippen LogP contribution is 2.37. The van der Waals surface area contributed by atoms with E-state index in [4.69, 9.17) is 0 Å². The summed E-state index contributed by atoms with van der Waals surface area (Å²) in [6, 6.07) is 13.2. The molecule has 0 spiro atoms. The molecule has 6 nitrogen and oxygen atoms in total. The van der Waals surface area contributed by atoms with Gasteiger partial charge in [0.25, 0.3) is 0 Å². The van der Waals surface area contributed by atoms with E-state index in [2.05, 4.69) is 5.32 Å². The van der Waals surface area contributed by atoms with Crippen LogP contribution in [0.4, 0.5) is 14.9 Å². The zero-order chi connectivity index (χ0) is 25.1. The first-order valence-electron chi connectivity index (χ1n) is 13.3. The average Bonchev–Trinajstić information content (AvgIpc) is 2.89. The first-order chi connectivity index (χ1) is 17.5. The lowest BCUT2D eigenvalue weighted by Crippen LogP contribution is -2.62. The summed E-state index contributed by atoms with van der Waals surface area (Å²) >= 11 is 0. The van der Waals surface area contributed by atoms with Crippen molar-refractivity contribution in [2.45, 2.75) is 82.8 Å². The molecule has 36 heavy (non-hydrogen) atoms. The van der Waals surface area contributed by atoms with Crippen LogP contribution in [0.2, 0.25) is 0 Å². The van der Waals surface area contributed by atoms with Crippen LogP contribution < -0.4 is 10.2 Å². The number of imide groups is 1. The second-order valence-electron chi connectivity index (χ2n) is 10.4. The van der Waals surface area contributed by atoms with Crippen LogP contribution in [0.25, 0.3) is 0 Å². The molecule has 0 radical (unpaired) electrons. The maximum atomic E-state index is 14.4. The molecule has 2 aromatic carbocycles. The van der Waals surface area contributed by atoms with Gasteiger partial charge < -0.3 is 10.2 Å². The zero-order valence-electron chi connectivity index (χ0n) is 20.6. The van der Waals surface area contributed by atoms with Gasteiger partial charge in [0, 0.05) is 17.6 Å². The summed E-state index contributed by atoms with van der Waals surface area (Å²) in [5.41, 5.74) is 1.77. The van der Waals surface area contributed by atoms with E-state index in [-0.39, 0.29) is 48.6 Å². The van der Waals surface area contributed by atoms with Crippen molar-refractivity contribution in [1.82, 2.24) is 10.2 Å². The first-order valence-corrected chi connectivity index (χ1v) is 13.3. The number of halogens is 1. The van der Waals surface area contributed by atoms with Crippen molar-refractivity contribution in [3.05, 3.63) is 65.5 Å². The highest BCUT2D eigenvalue weighted by atomic mass is 19.1. The van der Waals surface area contributed by atoms with Crippen molar-refractivity contribution in [3.63, 3.8) is 0 Å². The molecule has 2 saturated carbocycles. The number of carbonyl (C=O) groups excluding carboxylic acids is 3. The van der Waals surface area contributed by atoms with Crippen LogP contribution in [0.1, 0.15) is 68.9 Å². The van der Waals surface area contributed by atoms with Gasteiger partial charge in [-0.15, -0.1) is 0 Å². The standard InChI is InChI=1S/C29H34FN3O3/c30-25-12-6-4-8-21(25)19-32-26-13-7-5-11-24(26)28(35)33(29(32)36)23-16-14-20(15-17-23)18-27(34)31-22-9-2-1-3-10-22/h4,6,8,12,14-17,22,24,26H,1-3,5,7,9-11,13,18-19H2,(H,31,34). The molecule has 2 atom stereocenters. The number of fused-ring (bicyclic) bond motifs is 1. The van der Waals surface area contributed by atoms with Gasteiger partial charge >= 0.3 is 6.03 Å². The molecule has 2 unspecified atom stereocenters. The number of urea groups is 1. The fourth-order valence-electron chi connectivity index (χ4n) is 6.01.